The highest BCUT2D eigenvalue weighted by molar-refractivity contribution is 7.88. The lowest BCUT2D eigenvalue weighted by Gasteiger charge is -2.42. The number of nitrogens with zero attached hydrogens (tertiary/aromatic N) is 2. The lowest BCUT2D eigenvalue weighted by atomic mass is 9.83. The van der Waals surface area contributed by atoms with Crippen LogP contribution in [0.1, 0.15) is 37.7 Å². The van der Waals surface area contributed by atoms with Gasteiger partial charge >= 0.3 is 0 Å². The van der Waals surface area contributed by atoms with Gasteiger partial charge in [0, 0.05) is 45.3 Å². The first-order valence-corrected chi connectivity index (χ1v) is 11.8. The number of hydrogen-bond acceptors (Lipinski definition) is 4. The molecule has 0 bridgehead atoms. The average molecular weight is 380 g/mol. The molecule has 3 rings (SSSR count). The molecule has 0 spiro atoms. The average Bonchev–Trinajstić information content (AvgIpc) is 2.66. The summed E-state index contributed by atoms with van der Waals surface area (Å²) in [7, 11) is -3.24. The van der Waals surface area contributed by atoms with E-state index in [9.17, 15) is 8.42 Å². The molecular formula is C20H33N3O2S. The van der Waals surface area contributed by atoms with E-state index < -0.39 is 10.0 Å². The van der Waals surface area contributed by atoms with E-state index in [-0.39, 0.29) is 0 Å². The first kappa shape index (κ1) is 19.8. The molecule has 0 amide bonds. The quantitative estimate of drug-likeness (QED) is 0.790. The Morgan fingerprint density at radius 1 is 1.12 bits per heavy atom. The van der Waals surface area contributed by atoms with Gasteiger partial charge in [-0.25, -0.2) is 8.42 Å². The molecule has 1 atom stereocenters. The molecule has 1 aromatic rings. The van der Waals surface area contributed by atoms with Gasteiger partial charge in [-0.05, 0) is 24.3 Å². The Hall–Kier alpha value is -0.950. The molecule has 1 saturated heterocycles. The van der Waals surface area contributed by atoms with Crippen LogP contribution in [0.15, 0.2) is 30.3 Å². The van der Waals surface area contributed by atoms with Crippen LogP contribution in [0.4, 0.5) is 0 Å². The normalized spacial score (nSPS) is 21.8. The maximum Gasteiger partial charge on any atom is 0.211 e. The highest BCUT2D eigenvalue weighted by atomic mass is 32.2. The standard InChI is InChI=1S/C20H33N3O2S/c1-26(24,25)23(16-18-8-4-2-5-9-18)17-20(19-10-6-3-7-11-19)22-14-12-21-13-15-22/h2,4-5,8-9,19-21H,3,6-7,10-17H2,1H3. The summed E-state index contributed by atoms with van der Waals surface area (Å²) in [6, 6.07) is 10.3. The van der Waals surface area contributed by atoms with Crippen LogP contribution < -0.4 is 5.32 Å². The molecule has 0 radical (unpaired) electrons. The van der Waals surface area contributed by atoms with Crippen LogP contribution in [0.25, 0.3) is 0 Å². The zero-order valence-electron chi connectivity index (χ0n) is 15.9. The highest BCUT2D eigenvalue weighted by Crippen LogP contribution is 2.30. The molecule has 146 valence electrons. The Balaban J connectivity index is 1.78. The minimum Gasteiger partial charge on any atom is -0.314 e. The zero-order chi connectivity index (χ0) is 18.4. The molecule has 1 heterocycles. The monoisotopic (exact) mass is 379 g/mol. The minimum atomic E-state index is -3.24. The Morgan fingerprint density at radius 3 is 2.38 bits per heavy atom. The summed E-state index contributed by atoms with van der Waals surface area (Å²) in [6.07, 6.45) is 7.71. The van der Waals surface area contributed by atoms with Crippen molar-refractivity contribution in [3.63, 3.8) is 0 Å². The predicted octanol–water partition coefficient (Wildman–Crippen LogP) is 2.30. The SMILES string of the molecule is CS(=O)(=O)N(Cc1ccccc1)CC(C1CCCCC1)N1CCNCC1. The molecule has 2 aliphatic rings. The van der Waals surface area contributed by atoms with Crippen LogP contribution in [0.2, 0.25) is 0 Å². The van der Waals surface area contributed by atoms with Crippen molar-refractivity contribution in [2.24, 2.45) is 5.92 Å². The van der Waals surface area contributed by atoms with Crippen molar-refractivity contribution in [2.45, 2.75) is 44.7 Å². The molecule has 1 aliphatic heterocycles. The maximum absolute atomic E-state index is 12.5. The van der Waals surface area contributed by atoms with Crippen LogP contribution in [0, 0.1) is 5.92 Å². The summed E-state index contributed by atoms with van der Waals surface area (Å²) < 4.78 is 26.8. The molecule has 5 nitrogen and oxygen atoms in total. The first-order valence-electron chi connectivity index (χ1n) is 9.98. The largest absolute Gasteiger partial charge is 0.314 e. The molecule has 1 N–H and O–H groups in total. The number of piperazine rings is 1. The summed E-state index contributed by atoms with van der Waals surface area (Å²) in [5.74, 6) is 0.613. The molecular weight excluding hydrogens is 346 g/mol. The second kappa shape index (κ2) is 9.31. The highest BCUT2D eigenvalue weighted by Gasteiger charge is 2.33. The Kier molecular flexibility index (Phi) is 7.09. The summed E-state index contributed by atoms with van der Waals surface area (Å²) >= 11 is 0. The fourth-order valence-electron chi connectivity index (χ4n) is 4.41. The van der Waals surface area contributed by atoms with Gasteiger partial charge in [-0.2, -0.15) is 4.31 Å². The maximum atomic E-state index is 12.5. The number of nitrogens with one attached hydrogen (secondary N) is 1. The van der Waals surface area contributed by atoms with E-state index >= 15 is 0 Å². The van der Waals surface area contributed by atoms with Crippen LogP contribution in [0.3, 0.4) is 0 Å². The van der Waals surface area contributed by atoms with Crippen molar-refractivity contribution < 1.29 is 8.42 Å². The first-order chi connectivity index (χ1) is 12.5. The predicted molar refractivity (Wildman–Crippen MR) is 107 cm³/mol. The molecule has 1 aliphatic carbocycles. The molecule has 6 heteroatoms. The van der Waals surface area contributed by atoms with Crippen molar-refractivity contribution in [2.75, 3.05) is 39.0 Å². The van der Waals surface area contributed by atoms with Crippen LogP contribution in [-0.4, -0.2) is 62.6 Å². The third kappa shape index (κ3) is 5.52. The number of sulfonamides is 1. The van der Waals surface area contributed by atoms with Crippen molar-refractivity contribution in [1.29, 1.82) is 0 Å². The molecule has 1 saturated carbocycles. The van der Waals surface area contributed by atoms with Crippen LogP contribution in [0.5, 0.6) is 0 Å². The third-order valence-electron chi connectivity index (χ3n) is 5.88. The summed E-state index contributed by atoms with van der Waals surface area (Å²) in [4.78, 5) is 2.54. The fourth-order valence-corrected chi connectivity index (χ4v) is 5.22. The minimum absolute atomic E-state index is 0.329. The summed E-state index contributed by atoms with van der Waals surface area (Å²) in [6.45, 7) is 5.11. The summed E-state index contributed by atoms with van der Waals surface area (Å²) in [5.41, 5.74) is 1.06. The zero-order valence-corrected chi connectivity index (χ0v) is 16.8. The van der Waals surface area contributed by atoms with Crippen molar-refractivity contribution >= 4 is 10.0 Å². The lowest BCUT2D eigenvalue weighted by Crippen LogP contribution is -2.55. The van der Waals surface area contributed by atoms with Gasteiger partial charge in [-0.1, -0.05) is 49.6 Å². The van der Waals surface area contributed by atoms with Crippen molar-refractivity contribution in [3.05, 3.63) is 35.9 Å². The van der Waals surface area contributed by atoms with Gasteiger partial charge in [0.05, 0.1) is 6.26 Å². The Bertz CT molecular complexity index is 620. The molecule has 0 aromatic heterocycles. The van der Waals surface area contributed by atoms with Gasteiger partial charge in [-0.15, -0.1) is 0 Å². The second-order valence-corrected chi connectivity index (χ2v) is 9.77. The van der Waals surface area contributed by atoms with Crippen LogP contribution >= 0.6 is 0 Å². The van der Waals surface area contributed by atoms with Gasteiger partial charge in [0.25, 0.3) is 0 Å². The van der Waals surface area contributed by atoms with Gasteiger partial charge in [0.1, 0.15) is 0 Å². The van der Waals surface area contributed by atoms with Gasteiger partial charge in [0.15, 0.2) is 0 Å². The van der Waals surface area contributed by atoms with Gasteiger partial charge in [0.2, 0.25) is 10.0 Å². The molecule has 26 heavy (non-hydrogen) atoms. The lowest BCUT2D eigenvalue weighted by molar-refractivity contribution is 0.0866. The third-order valence-corrected chi connectivity index (χ3v) is 7.09. The Morgan fingerprint density at radius 2 is 1.77 bits per heavy atom. The summed E-state index contributed by atoms with van der Waals surface area (Å²) in [5, 5.41) is 3.42. The molecule has 1 aromatic carbocycles. The van der Waals surface area contributed by atoms with E-state index in [1.807, 2.05) is 30.3 Å². The van der Waals surface area contributed by atoms with Crippen LogP contribution in [-0.2, 0) is 16.6 Å². The molecule has 1 unspecified atom stereocenters. The van der Waals surface area contributed by atoms with Crippen molar-refractivity contribution in [3.8, 4) is 0 Å². The van der Waals surface area contributed by atoms with E-state index in [1.54, 1.807) is 4.31 Å². The second-order valence-electron chi connectivity index (χ2n) is 7.79. The van der Waals surface area contributed by atoms with E-state index in [0.29, 0.717) is 25.0 Å². The van der Waals surface area contributed by atoms with Gasteiger partial charge in [-0.3, -0.25) is 4.90 Å². The Labute approximate surface area is 158 Å². The van der Waals surface area contributed by atoms with E-state index in [4.69, 9.17) is 0 Å². The number of benzene rings is 1. The van der Waals surface area contributed by atoms with Crippen molar-refractivity contribution in [1.82, 2.24) is 14.5 Å². The smallest absolute Gasteiger partial charge is 0.211 e. The molecule has 2 fully saturated rings. The van der Waals surface area contributed by atoms with Gasteiger partial charge < -0.3 is 5.32 Å². The van der Waals surface area contributed by atoms with E-state index in [0.717, 1.165) is 31.7 Å². The fraction of sp³-hybridized carbons (Fsp3) is 0.700. The number of rotatable bonds is 7. The number of hydrogen-bond donors (Lipinski definition) is 1. The van der Waals surface area contributed by atoms with E-state index in [2.05, 4.69) is 10.2 Å². The van der Waals surface area contributed by atoms with E-state index in [1.165, 1.54) is 38.4 Å². The topological polar surface area (TPSA) is 52.7 Å².